The fourth-order valence-corrected chi connectivity index (χ4v) is 4.52. The Morgan fingerprint density at radius 2 is 1.96 bits per heavy atom. The molecule has 2 atom stereocenters. The number of likely N-dealkylation sites (tertiary alicyclic amines) is 1. The Morgan fingerprint density at radius 3 is 2.75 bits per heavy atom. The van der Waals surface area contributed by atoms with Gasteiger partial charge in [-0.1, -0.05) is 18.2 Å². The van der Waals surface area contributed by atoms with Crippen molar-refractivity contribution in [3.05, 3.63) is 35.6 Å². The molecule has 3 N–H and O–H groups in total. The Balaban J connectivity index is 1.40. The van der Waals surface area contributed by atoms with Gasteiger partial charge < -0.3 is 20.2 Å². The average Bonchev–Trinajstić information content (AvgIpc) is 2.91. The maximum Gasteiger partial charge on any atom is 0.224 e. The first-order chi connectivity index (χ1) is 13.6. The van der Waals surface area contributed by atoms with E-state index in [4.69, 9.17) is 14.9 Å². The second-order valence-corrected chi connectivity index (χ2v) is 8.20. The van der Waals surface area contributed by atoms with E-state index in [0.717, 1.165) is 74.3 Å². The lowest BCUT2D eigenvalue weighted by Crippen LogP contribution is -2.47. The fourth-order valence-electron chi connectivity index (χ4n) is 4.52. The van der Waals surface area contributed by atoms with Crippen molar-refractivity contribution >= 4 is 16.9 Å². The maximum absolute atomic E-state index is 12.9. The number of amides is 1. The Kier molecular flexibility index (Phi) is 5.99. The van der Waals surface area contributed by atoms with Gasteiger partial charge in [-0.3, -0.25) is 9.69 Å². The minimum absolute atomic E-state index is 0.0268. The summed E-state index contributed by atoms with van der Waals surface area (Å²) in [6.07, 6.45) is 3.78. The number of hydrogen-bond acceptors (Lipinski definition) is 5. The van der Waals surface area contributed by atoms with Crippen LogP contribution >= 0.6 is 0 Å². The Labute approximate surface area is 166 Å². The number of nitrogens with one attached hydrogen (secondary N) is 1. The maximum atomic E-state index is 12.9. The average molecular weight is 386 g/mol. The van der Waals surface area contributed by atoms with Gasteiger partial charge in [-0.05, 0) is 38.7 Å². The summed E-state index contributed by atoms with van der Waals surface area (Å²) in [7, 11) is 0. The van der Waals surface area contributed by atoms with Crippen LogP contribution in [0.1, 0.15) is 37.0 Å². The lowest BCUT2D eigenvalue weighted by Gasteiger charge is -2.35. The molecule has 6 heteroatoms. The molecule has 0 aliphatic carbocycles. The number of carbonyl (C=O) groups is 1. The SMILES string of the molecule is Cc1c(CNC(=O)[C@@H]2CC[C@H](N)CN(C3CCOCC3)C2)oc2ccccc12. The topological polar surface area (TPSA) is 80.7 Å². The molecule has 1 aromatic heterocycles. The van der Waals surface area contributed by atoms with Crippen LogP contribution in [0.2, 0.25) is 0 Å². The van der Waals surface area contributed by atoms with E-state index >= 15 is 0 Å². The molecule has 0 radical (unpaired) electrons. The lowest BCUT2D eigenvalue weighted by molar-refractivity contribution is -0.126. The summed E-state index contributed by atoms with van der Waals surface area (Å²) in [4.78, 5) is 15.4. The van der Waals surface area contributed by atoms with E-state index in [1.54, 1.807) is 0 Å². The van der Waals surface area contributed by atoms with Gasteiger partial charge in [-0.2, -0.15) is 0 Å². The van der Waals surface area contributed by atoms with E-state index in [1.165, 1.54) is 0 Å². The highest BCUT2D eigenvalue weighted by Crippen LogP contribution is 2.26. The minimum atomic E-state index is -0.0268. The summed E-state index contributed by atoms with van der Waals surface area (Å²) in [5.74, 6) is 0.910. The zero-order chi connectivity index (χ0) is 19.5. The Morgan fingerprint density at radius 1 is 1.18 bits per heavy atom. The third-order valence-electron chi connectivity index (χ3n) is 6.25. The summed E-state index contributed by atoms with van der Waals surface area (Å²) in [5, 5.41) is 4.22. The lowest BCUT2D eigenvalue weighted by atomic mass is 10.0. The van der Waals surface area contributed by atoms with Crippen molar-refractivity contribution in [3.63, 3.8) is 0 Å². The molecule has 0 bridgehead atoms. The van der Waals surface area contributed by atoms with E-state index < -0.39 is 0 Å². The molecule has 1 amide bonds. The summed E-state index contributed by atoms with van der Waals surface area (Å²) >= 11 is 0. The van der Waals surface area contributed by atoms with Gasteiger partial charge in [0.2, 0.25) is 5.91 Å². The van der Waals surface area contributed by atoms with Crippen molar-refractivity contribution in [2.75, 3.05) is 26.3 Å². The molecule has 6 nitrogen and oxygen atoms in total. The third-order valence-corrected chi connectivity index (χ3v) is 6.25. The number of hydrogen-bond donors (Lipinski definition) is 2. The van der Waals surface area contributed by atoms with Crippen LogP contribution in [0.3, 0.4) is 0 Å². The van der Waals surface area contributed by atoms with Gasteiger partial charge in [0.05, 0.1) is 12.5 Å². The van der Waals surface area contributed by atoms with E-state index in [-0.39, 0.29) is 17.9 Å². The molecule has 2 fully saturated rings. The highest BCUT2D eigenvalue weighted by atomic mass is 16.5. The Hall–Kier alpha value is -1.89. The van der Waals surface area contributed by atoms with Crippen molar-refractivity contribution in [2.24, 2.45) is 11.7 Å². The first-order valence-electron chi connectivity index (χ1n) is 10.4. The normalized spacial score (nSPS) is 24.9. The predicted octanol–water partition coefficient (Wildman–Crippen LogP) is 2.58. The van der Waals surface area contributed by atoms with Gasteiger partial charge in [0.1, 0.15) is 11.3 Å². The molecule has 0 spiro atoms. The standard InChI is InChI=1S/C22H31N3O3/c1-15-19-4-2-3-5-20(19)28-21(15)12-24-22(26)16-6-7-17(23)14-25(13-16)18-8-10-27-11-9-18/h2-5,16-18H,6-14,23H2,1H3,(H,24,26)/t16-,17+/m1/s1. The molecule has 28 heavy (non-hydrogen) atoms. The van der Waals surface area contributed by atoms with Gasteiger partial charge >= 0.3 is 0 Å². The number of rotatable bonds is 4. The molecule has 0 unspecified atom stereocenters. The van der Waals surface area contributed by atoms with Crippen molar-refractivity contribution in [3.8, 4) is 0 Å². The smallest absolute Gasteiger partial charge is 0.224 e. The first kappa shape index (κ1) is 19.4. The predicted molar refractivity (Wildman–Crippen MR) is 109 cm³/mol. The van der Waals surface area contributed by atoms with Crippen molar-refractivity contribution in [2.45, 2.75) is 51.2 Å². The van der Waals surface area contributed by atoms with E-state index in [9.17, 15) is 4.79 Å². The van der Waals surface area contributed by atoms with Crippen LogP contribution in [0, 0.1) is 12.8 Å². The zero-order valence-corrected chi connectivity index (χ0v) is 16.7. The molecule has 152 valence electrons. The number of para-hydroxylation sites is 1. The molecular formula is C22H31N3O3. The molecule has 4 rings (SSSR count). The molecule has 2 aliphatic rings. The van der Waals surface area contributed by atoms with Crippen molar-refractivity contribution in [1.29, 1.82) is 0 Å². The zero-order valence-electron chi connectivity index (χ0n) is 16.7. The van der Waals surface area contributed by atoms with E-state index in [1.807, 2.05) is 25.1 Å². The van der Waals surface area contributed by atoms with Gasteiger partial charge in [-0.15, -0.1) is 0 Å². The van der Waals surface area contributed by atoms with Gasteiger partial charge in [0.25, 0.3) is 0 Å². The van der Waals surface area contributed by atoms with Gasteiger partial charge in [-0.25, -0.2) is 0 Å². The minimum Gasteiger partial charge on any atom is -0.459 e. The molecule has 3 heterocycles. The largest absolute Gasteiger partial charge is 0.459 e. The molecule has 1 aromatic carbocycles. The fraction of sp³-hybridized carbons (Fsp3) is 0.591. The van der Waals surface area contributed by atoms with Crippen LogP contribution in [0.5, 0.6) is 0 Å². The molecular weight excluding hydrogens is 354 g/mol. The summed E-state index contributed by atoms with van der Waals surface area (Å²) < 4.78 is 11.4. The monoisotopic (exact) mass is 385 g/mol. The number of fused-ring (bicyclic) bond motifs is 1. The first-order valence-corrected chi connectivity index (χ1v) is 10.4. The van der Waals surface area contributed by atoms with E-state index in [0.29, 0.717) is 12.6 Å². The van der Waals surface area contributed by atoms with Crippen molar-refractivity contribution in [1.82, 2.24) is 10.2 Å². The number of benzene rings is 1. The van der Waals surface area contributed by atoms with Crippen LogP contribution in [0.25, 0.3) is 11.0 Å². The van der Waals surface area contributed by atoms with Crippen LogP contribution in [-0.2, 0) is 16.1 Å². The quantitative estimate of drug-likeness (QED) is 0.845. The van der Waals surface area contributed by atoms with Gasteiger partial charge in [0, 0.05) is 49.3 Å². The highest BCUT2D eigenvalue weighted by Gasteiger charge is 2.31. The van der Waals surface area contributed by atoms with E-state index in [2.05, 4.69) is 16.3 Å². The molecule has 2 aliphatic heterocycles. The van der Waals surface area contributed by atoms with Crippen LogP contribution in [0.15, 0.2) is 28.7 Å². The number of furan rings is 1. The van der Waals surface area contributed by atoms with Gasteiger partial charge in [0.15, 0.2) is 0 Å². The summed E-state index contributed by atoms with van der Waals surface area (Å²) in [6, 6.07) is 8.61. The second-order valence-electron chi connectivity index (χ2n) is 8.20. The Bertz CT molecular complexity index is 812. The number of carbonyl (C=O) groups excluding carboxylic acids is 1. The number of ether oxygens (including phenoxy) is 1. The number of nitrogens with two attached hydrogens (primary N) is 1. The van der Waals surface area contributed by atoms with Crippen LogP contribution in [-0.4, -0.2) is 49.2 Å². The van der Waals surface area contributed by atoms with Crippen molar-refractivity contribution < 1.29 is 13.9 Å². The summed E-state index contributed by atoms with van der Waals surface area (Å²) in [5.41, 5.74) is 8.27. The van der Waals surface area contributed by atoms with Crippen LogP contribution < -0.4 is 11.1 Å². The summed E-state index contributed by atoms with van der Waals surface area (Å²) in [6.45, 7) is 5.74. The number of nitrogens with zero attached hydrogens (tertiary/aromatic N) is 1. The number of aryl methyl sites for hydroxylation is 1. The third kappa shape index (κ3) is 4.24. The second kappa shape index (κ2) is 8.64. The molecule has 0 saturated carbocycles. The molecule has 2 aromatic rings. The van der Waals surface area contributed by atoms with Crippen LogP contribution in [0.4, 0.5) is 0 Å². The molecule has 2 saturated heterocycles. The highest BCUT2D eigenvalue weighted by molar-refractivity contribution is 5.82.